The van der Waals surface area contributed by atoms with E-state index in [0.29, 0.717) is 12.4 Å². The number of para-hydroxylation sites is 1. The molecule has 0 fully saturated rings. The Labute approximate surface area is 112 Å². The number of nitrogens with one attached hydrogen (secondary N) is 1. The van der Waals surface area contributed by atoms with Gasteiger partial charge in [0.25, 0.3) is 0 Å². The Morgan fingerprint density at radius 2 is 2.00 bits per heavy atom. The molecule has 0 saturated heterocycles. The lowest BCUT2D eigenvalue weighted by molar-refractivity contribution is 1.04. The van der Waals surface area contributed by atoms with Crippen LogP contribution < -0.4 is 11.2 Å². The van der Waals surface area contributed by atoms with Gasteiger partial charge in [-0.2, -0.15) is 5.10 Å². The number of hydrogen-bond donors (Lipinski definition) is 2. The molecule has 5 heteroatoms. The summed E-state index contributed by atoms with van der Waals surface area (Å²) in [7, 11) is 0. The monoisotopic (exact) mass is 255 g/mol. The van der Waals surface area contributed by atoms with Gasteiger partial charge in [0.15, 0.2) is 0 Å². The van der Waals surface area contributed by atoms with Crippen molar-refractivity contribution in [3.05, 3.63) is 47.8 Å². The van der Waals surface area contributed by atoms with E-state index in [1.54, 1.807) is 0 Å². The number of hydrogen-bond acceptors (Lipinski definition) is 5. The van der Waals surface area contributed by atoms with Gasteiger partial charge in [-0.25, -0.2) is 9.97 Å². The van der Waals surface area contributed by atoms with Gasteiger partial charge in [0, 0.05) is 17.8 Å². The lowest BCUT2D eigenvalue weighted by atomic mass is 10.2. The maximum Gasteiger partial charge on any atom is 0.220 e. The number of aromatic nitrogens is 2. The van der Waals surface area contributed by atoms with E-state index < -0.39 is 0 Å². The minimum atomic E-state index is 0.304. The highest BCUT2D eigenvalue weighted by atomic mass is 15.3. The Hall–Kier alpha value is -2.43. The molecule has 2 aromatic rings. The van der Waals surface area contributed by atoms with Crippen LogP contribution in [0.25, 0.3) is 0 Å². The van der Waals surface area contributed by atoms with E-state index in [1.165, 1.54) is 0 Å². The Balaban J connectivity index is 2.02. The number of nitrogens with two attached hydrogens (primary N) is 1. The van der Waals surface area contributed by atoms with Crippen LogP contribution in [-0.2, 0) is 6.42 Å². The standard InChI is InChI=1S/C14H17N5/c1-10-8-13(17-14(15)16-10)9-11(2)18-19-12-6-4-3-5-7-12/h3-8,19H,9H2,1-2H3,(H2,15,16,17). The quantitative estimate of drug-likeness (QED) is 0.649. The smallest absolute Gasteiger partial charge is 0.220 e. The van der Waals surface area contributed by atoms with Crippen molar-refractivity contribution in [3.8, 4) is 0 Å². The molecule has 0 saturated carbocycles. The Bertz CT molecular complexity index is 557. The lowest BCUT2D eigenvalue weighted by Crippen LogP contribution is -2.06. The summed E-state index contributed by atoms with van der Waals surface area (Å²) in [4.78, 5) is 8.23. The summed E-state index contributed by atoms with van der Waals surface area (Å²) in [5.74, 6) is 0.304. The number of benzene rings is 1. The molecule has 2 rings (SSSR count). The summed E-state index contributed by atoms with van der Waals surface area (Å²) >= 11 is 0. The van der Waals surface area contributed by atoms with Gasteiger partial charge in [0.05, 0.1) is 11.4 Å². The summed E-state index contributed by atoms with van der Waals surface area (Å²) in [5, 5.41) is 4.31. The van der Waals surface area contributed by atoms with Gasteiger partial charge in [-0.1, -0.05) is 18.2 Å². The highest BCUT2D eigenvalue weighted by Crippen LogP contribution is 2.06. The van der Waals surface area contributed by atoms with Crippen molar-refractivity contribution >= 4 is 17.3 Å². The maximum absolute atomic E-state index is 5.62. The van der Waals surface area contributed by atoms with Gasteiger partial charge >= 0.3 is 0 Å². The highest BCUT2D eigenvalue weighted by molar-refractivity contribution is 5.84. The molecule has 19 heavy (non-hydrogen) atoms. The topological polar surface area (TPSA) is 76.2 Å². The van der Waals surface area contributed by atoms with Crippen molar-refractivity contribution in [2.24, 2.45) is 5.10 Å². The fourth-order valence-corrected chi connectivity index (χ4v) is 1.72. The van der Waals surface area contributed by atoms with Crippen LogP contribution in [0, 0.1) is 6.92 Å². The number of rotatable bonds is 4. The fraction of sp³-hybridized carbons (Fsp3) is 0.214. The molecule has 0 spiro atoms. The van der Waals surface area contributed by atoms with E-state index in [-0.39, 0.29) is 0 Å². The zero-order valence-corrected chi connectivity index (χ0v) is 11.1. The summed E-state index contributed by atoms with van der Waals surface area (Å²) < 4.78 is 0. The van der Waals surface area contributed by atoms with Crippen LogP contribution in [0.3, 0.4) is 0 Å². The molecular formula is C14H17N5. The number of nitrogen functional groups attached to an aromatic ring is 1. The average Bonchev–Trinajstić information content (AvgIpc) is 2.36. The first kappa shape index (κ1) is 13.0. The molecule has 0 unspecified atom stereocenters. The molecule has 0 aliphatic heterocycles. The zero-order chi connectivity index (χ0) is 13.7. The number of nitrogens with zero attached hydrogens (tertiary/aromatic N) is 3. The summed E-state index contributed by atoms with van der Waals surface area (Å²) in [6, 6.07) is 11.7. The van der Waals surface area contributed by atoms with Crippen LogP contribution in [0.2, 0.25) is 0 Å². The molecule has 3 N–H and O–H groups in total. The van der Waals surface area contributed by atoms with E-state index in [1.807, 2.05) is 50.2 Å². The van der Waals surface area contributed by atoms with E-state index in [2.05, 4.69) is 20.5 Å². The van der Waals surface area contributed by atoms with Crippen molar-refractivity contribution in [2.75, 3.05) is 11.2 Å². The molecule has 1 aromatic heterocycles. The summed E-state index contributed by atoms with van der Waals surface area (Å²) in [5.41, 5.74) is 12.3. The predicted octanol–water partition coefficient (Wildman–Crippen LogP) is 2.40. The Morgan fingerprint density at radius 3 is 2.68 bits per heavy atom. The van der Waals surface area contributed by atoms with Crippen molar-refractivity contribution in [2.45, 2.75) is 20.3 Å². The van der Waals surface area contributed by atoms with Crippen LogP contribution >= 0.6 is 0 Å². The van der Waals surface area contributed by atoms with E-state index in [4.69, 9.17) is 5.73 Å². The molecule has 1 heterocycles. The number of hydrazone groups is 1. The average molecular weight is 255 g/mol. The number of aryl methyl sites for hydroxylation is 1. The van der Waals surface area contributed by atoms with Gasteiger partial charge in [-0.05, 0) is 32.0 Å². The Kier molecular flexibility index (Phi) is 4.07. The largest absolute Gasteiger partial charge is 0.368 e. The van der Waals surface area contributed by atoms with Crippen molar-refractivity contribution in [1.29, 1.82) is 0 Å². The number of anilines is 2. The first-order chi connectivity index (χ1) is 9.13. The minimum absolute atomic E-state index is 0.304. The van der Waals surface area contributed by atoms with E-state index >= 15 is 0 Å². The first-order valence-corrected chi connectivity index (χ1v) is 6.08. The van der Waals surface area contributed by atoms with Crippen LogP contribution in [0.15, 0.2) is 41.5 Å². The van der Waals surface area contributed by atoms with Gasteiger partial charge in [-0.3, -0.25) is 5.43 Å². The molecule has 5 nitrogen and oxygen atoms in total. The third-order valence-electron chi connectivity index (χ3n) is 2.51. The molecule has 0 atom stereocenters. The summed E-state index contributed by atoms with van der Waals surface area (Å²) in [6.07, 6.45) is 0.646. The third kappa shape index (κ3) is 4.06. The SMILES string of the molecule is CC(Cc1cc(C)nc(N)n1)=NNc1ccccc1. The maximum atomic E-state index is 5.62. The molecule has 0 bridgehead atoms. The van der Waals surface area contributed by atoms with Gasteiger partial charge in [-0.15, -0.1) is 0 Å². The van der Waals surface area contributed by atoms with Crippen molar-refractivity contribution in [1.82, 2.24) is 9.97 Å². The van der Waals surface area contributed by atoms with Crippen LogP contribution in [-0.4, -0.2) is 15.7 Å². The molecule has 98 valence electrons. The Morgan fingerprint density at radius 1 is 1.26 bits per heavy atom. The molecule has 1 aromatic carbocycles. The third-order valence-corrected chi connectivity index (χ3v) is 2.51. The van der Waals surface area contributed by atoms with Gasteiger partial charge in [0.2, 0.25) is 5.95 Å². The lowest BCUT2D eigenvalue weighted by Gasteiger charge is -2.04. The van der Waals surface area contributed by atoms with Crippen LogP contribution in [0.5, 0.6) is 0 Å². The van der Waals surface area contributed by atoms with Crippen molar-refractivity contribution in [3.63, 3.8) is 0 Å². The van der Waals surface area contributed by atoms with Crippen LogP contribution in [0.1, 0.15) is 18.3 Å². The predicted molar refractivity (Wildman–Crippen MR) is 78.1 cm³/mol. The second kappa shape index (κ2) is 5.95. The first-order valence-electron chi connectivity index (χ1n) is 6.08. The highest BCUT2D eigenvalue weighted by Gasteiger charge is 2.01. The fourth-order valence-electron chi connectivity index (χ4n) is 1.72. The van der Waals surface area contributed by atoms with Gasteiger partial charge in [0.1, 0.15) is 0 Å². The molecule has 0 aliphatic carbocycles. The van der Waals surface area contributed by atoms with Gasteiger partial charge < -0.3 is 5.73 Å². The van der Waals surface area contributed by atoms with E-state index in [0.717, 1.165) is 22.8 Å². The zero-order valence-electron chi connectivity index (χ0n) is 11.1. The molecule has 0 radical (unpaired) electrons. The van der Waals surface area contributed by atoms with Crippen molar-refractivity contribution < 1.29 is 0 Å². The molecule has 0 aliphatic rings. The second-order valence-electron chi connectivity index (χ2n) is 4.36. The normalized spacial score (nSPS) is 11.4. The minimum Gasteiger partial charge on any atom is -0.368 e. The van der Waals surface area contributed by atoms with E-state index in [9.17, 15) is 0 Å². The molecule has 0 amide bonds. The molecular weight excluding hydrogens is 238 g/mol. The summed E-state index contributed by atoms with van der Waals surface area (Å²) in [6.45, 7) is 3.85. The second-order valence-corrected chi connectivity index (χ2v) is 4.36. The van der Waals surface area contributed by atoms with Crippen LogP contribution in [0.4, 0.5) is 11.6 Å².